The summed E-state index contributed by atoms with van der Waals surface area (Å²) in [6.45, 7) is 4.09. The van der Waals surface area contributed by atoms with Gasteiger partial charge in [0.2, 0.25) is 5.91 Å². The molecule has 0 unspecified atom stereocenters. The van der Waals surface area contributed by atoms with E-state index in [1.165, 1.54) is 0 Å². The van der Waals surface area contributed by atoms with Crippen LogP contribution in [-0.2, 0) is 11.2 Å². The van der Waals surface area contributed by atoms with E-state index in [0.717, 1.165) is 55.6 Å². The lowest BCUT2D eigenvalue weighted by atomic mass is 10.0. The summed E-state index contributed by atoms with van der Waals surface area (Å²) in [6, 6.07) is 28.0. The summed E-state index contributed by atoms with van der Waals surface area (Å²) in [6.07, 6.45) is 3.02. The highest BCUT2D eigenvalue weighted by molar-refractivity contribution is 6.30. The van der Waals surface area contributed by atoms with Crippen molar-refractivity contribution in [1.29, 1.82) is 0 Å². The van der Waals surface area contributed by atoms with Crippen molar-refractivity contribution < 1.29 is 4.79 Å². The van der Waals surface area contributed by atoms with E-state index in [2.05, 4.69) is 41.0 Å². The average molecular weight is 480 g/mol. The summed E-state index contributed by atoms with van der Waals surface area (Å²) >= 11 is 6.18. The molecule has 0 spiro atoms. The van der Waals surface area contributed by atoms with Crippen LogP contribution in [0.25, 0.3) is 28.0 Å². The van der Waals surface area contributed by atoms with Crippen molar-refractivity contribution in [2.75, 3.05) is 5.32 Å². The topological polar surface area (TPSA) is 46.4 Å². The normalized spacial score (nSPS) is 11.1. The first-order chi connectivity index (χ1) is 17.0. The zero-order valence-corrected chi connectivity index (χ0v) is 20.5. The fraction of sp³-hybridized carbons (Fsp3) is 0.133. The van der Waals surface area contributed by atoms with Crippen molar-refractivity contribution in [3.8, 4) is 22.4 Å². The lowest BCUT2D eigenvalue weighted by Crippen LogP contribution is -2.13. The summed E-state index contributed by atoms with van der Waals surface area (Å²) in [7, 11) is 0. The van der Waals surface area contributed by atoms with Gasteiger partial charge in [-0.05, 0) is 73.4 Å². The number of halogens is 1. The highest BCUT2D eigenvalue weighted by Crippen LogP contribution is 2.30. The second-order valence-corrected chi connectivity index (χ2v) is 9.23. The van der Waals surface area contributed by atoms with E-state index < -0.39 is 0 Å². The summed E-state index contributed by atoms with van der Waals surface area (Å²) in [5.41, 5.74) is 9.08. The maximum absolute atomic E-state index is 12.8. The van der Waals surface area contributed by atoms with Crippen molar-refractivity contribution >= 4 is 28.8 Å². The smallest absolute Gasteiger partial charge is 0.224 e. The van der Waals surface area contributed by atoms with Crippen molar-refractivity contribution in [1.82, 2.24) is 9.38 Å². The quantitative estimate of drug-likeness (QED) is 0.274. The van der Waals surface area contributed by atoms with Gasteiger partial charge in [0.05, 0.1) is 11.4 Å². The van der Waals surface area contributed by atoms with E-state index in [1.54, 1.807) is 0 Å². The molecule has 0 radical (unpaired) electrons. The zero-order chi connectivity index (χ0) is 24.4. The standard InChI is InChI=1S/C30H26ClN3O/c1-20-8-12-25(13-9-20)32-29(35)17-15-27-30(22-6-4-3-5-7-22)33-28-16-10-23(19-34(27)28)26-14-11-24(31)18-21(26)2/h3-14,16,18-19H,15,17H2,1-2H3,(H,32,35). The molecule has 0 fully saturated rings. The minimum Gasteiger partial charge on any atom is -0.326 e. The van der Waals surface area contributed by atoms with Crippen LogP contribution in [0.4, 0.5) is 5.69 Å². The van der Waals surface area contributed by atoms with Crippen LogP contribution in [-0.4, -0.2) is 15.3 Å². The second-order valence-electron chi connectivity index (χ2n) is 8.79. The van der Waals surface area contributed by atoms with Crippen molar-refractivity contribution in [3.05, 3.63) is 113 Å². The molecule has 0 aliphatic carbocycles. The van der Waals surface area contributed by atoms with Crippen LogP contribution in [0.3, 0.4) is 0 Å². The number of pyridine rings is 1. The van der Waals surface area contributed by atoms with Gasteiger partial charge in [0.15, 0.2) is 0 Å². The van der Waals surface area contributed by atoms with E-state index in [-0.39, 0.29) is 5.91 Å². The first-order valence-corrected chi connectivity index (χ1v) is 12.1. The number of carbonyl (C=O) groups excluding carboxylic acids is 1. The van der Waals surface area contributed by atoms with Crippen LogP contribution < -0.4 is 5.32 Å². The van der Waals surface area contributed by atoms with Gasteiger partial charge >= 0.3 is 0 Å². The fourth-order valence-corrected chi connectivity index (χ4v) is 4.59. The maximum atomic E-state index is 12.8. The SMILES string of the molecule is Cc1ccc(NC(=O)CCc2c(-c3ccccc3)nc3ccc(-c4ccc(Cl)cc4C)cn23)cc1. The zero-order valence-electron chi connectivity index (χ0n) is 19.8. The predicted molar refractivity (Wildman–Crippen MR) is 144 cm³/mol. The molecule has 5 aromatic rings. The summed E-state index contributed by atoms with van der Waals surface area (Å²) in [4.78, 5) is 17.7. The number of fused-ring (bicyclic) bond motifs is 1. The number of nitrogens with one attached hydrogen (secondary N) is 1. The molecule has 5 rings (SSSR count). The molecule has 0 saturated heterocycles. The number of amides is 1. The number of imidazole rings is 1. The molecule has 5 heteroatoms. The predicted octanol–water partition coefficient (Wildman–Crippen LogP) is 7.51. The number of aromatic nitrogens is 2. The van der Waals surface area contributed by atoms with Gasteiger partial charge in [0.25, 0.3) is 0 Å². The van der Waals surface area contributed by atoms with E-state index in [9.17, 15) is 4.79 Å². The van der Waals surface area contributed by atoms with Gasteiger partial charge in [-0.25, -0.2) is 4.98 Å². The van der Waals surface area contributed by atoms with E-state index in [0.29, 0.717) is 12.8 Å². The molecule has 174 valence electrons. The van der Waals surface area contributed by atoms with Crippen LogP contribution in [0, 0.1) is 13.8 Å². The maximum Gasteiger partial charge on any atom is 0.224 e. The number of nitrogens with zero attached hydrogens (tertiary/aromatic N) is 2. The molecular weight excluding hydrogens is 454 g/mol. The van der Waals surface area contributed by atoms with E-state index in [1.807, 2.05) is 73.7 Å². The lowest BCUT2D eigenvalue weighted by Gasteiger charge is -2.10. The Morgan fingerprint density at radius 1 is 0.914 bits per heavy atom. The number of hydrogen-bond donors (Lipinski definition) is 1. The number of rotatable bonds is 6. The Hall–Kier alpha value is -3.89. The Balaban J connectivity index is 1.51. The number of benzene rings is 3. The van der Waals surface area contributed by atoms with Crippen molar-refractivity contribution in [2.24, 2.45) is 0 Å². The highest BCUT2D eigenvalue weighted by Gasteiger charge is 2.16. The summed E-state index contributed by atoms with van der Waals surface area (Å²) in [5, 5.41) is 3.73. The molecule has 0 aliphatic rings. The van der Waals surface area contributed by atoms with Gasteiger partial charge in [-0.1, -0.05) is 65.7 Å². The van der Waals surface area contributed by atoms with E-state index in [4.69, 9.17) is 16.6 Å². The fourth-order valence-electron chi connectivity index (χ4n) is 4.36. The Kier molecular flexibility index (Phi) is 6.39. The molecule has 0 saturated carbocycles. The molecule has 3 aromatic carbocycles. The number of aryl methyl sites for hydroxylation is 3. The van der Waals surface area contributed by atoms with Crippen LogP contribution in [0.1, 0.15) is 23.2 Å². The Morgan fingerprint density at radius 2 is 1.69 bits per heavy atom. The second kappa shape index (κ2) is 9.77. The number of anilines is 1. The van der Waals surface area contributed by atoms with Gasteiger partial charge in [-0.2, -0.15) is 0 Å². The molecule has 0 aliphatic heterocycles. The van der Waals surface area contributed by atoms with Gasteiger partial charge in [0.1, 0.15) is 5.65 Å². The molecule has 0 bridgehead atoms. The van der Waals surface area contributed by atoms with Gasteiger partial charge in [0, 0.05) is 28.9 Å². The minimum absolute atomic E-state index is 0.0208. The Labute approximate surface area is 210 Å². The minimum atomic E-state index is -0.0208. The van der Waals surface area contributed by atoms with Crippen LogP contribution in [0.2, 0.25) is 5.02 Å². The van der Waals surface area contributed by atoms with Gasteiger partial charge in [-0.3, -0.25) is 4.79 Å². The average Bonchev–Trinajstić information content (AvgIpc) is 3.22. The third kappa shape index (κ3) is 4.98. The molecule has 0 atom stereocenters. The van der Waals surface area contributed by atoms with Gasteiger partial charge < -0.3 is 9.72 Å². The molecule has 2 aromatic heterocycles. The van der Waals surface area contributed by atoms with E-state index >= 15 is 0 Å². The highest BCUT2D eigenvalue weighted by atomic mass is 35.5. The number of hydrogen-bond acceptors (Lipinski definition) is 2. The molecule has 35 heavy (non-hydrogen) atoms. The van der Waals surface area contributed by atoms with Gasteiger partial charge in [-0.15, -0.1) is 0 Å². The third-order valence-corrected chi connectivity index (χ3v) is 6.42. The Bertz CT molecular complexity index is 1500. The monoisotopic (exact) mass is 479 g/mol. The first kappa shape index (κ1) is 22.9. The molecular formula is C30H26ClN3O. The van der Waals surface area contributed by atoms with Crippen molar-refractivity contribution in [2.45, 2.75) is 26.7 Å². The largest absolute Gasteiger partial charge is 0.326 e. The van der Waals surface area contributed by atoms with Crippen LogP contribution in [0.5, 0.6) is 0 Å². The van der Waals surface area contributed by atoms with Crippen LogP contribution >= 0.6 is 11.6 Å². The third-order valence-electron chi connectivity index (χ3n) is 6.19. The van der Waals surface area contributed by atoms with Crippen molar-refractivity contribution in [3.63, 3.8) is 0 Å². The molecule has 1 N–H and O–H groups in total. The molecule has 2 heterocycles. The summed E-state index contributed by atoms with van der Waals surface area (Å²) in [5.74, 6) is -0.0208. The first-order valence-electron chi connectivity index (χ1n) is 11.7. The summed E-state index contributed by atoms with van der Waals surface area (Å²) < 4.78 is 2.12. The molecule has 4 nitrogen and oxygen atoms in total. The van der Waals surface area contributed by atoms with Crippen LogP contribution in [0.15, 0.2) is 91.1 Å². The Morgan fingerprint density at radius 3 is 2.43 bits per heavy atom. The molecule has 1 amide bonds. The number of carbonyl (C=O) groups is 1. The lowest BCUT2D eigenvalue weighted by molar-refractivity contribution is -0.116.